The van der Waals surface area contributed by atoms with Crippen molar-refractivity contribution in [2.45, 2.75) is 25.8 Å². The summed E-state index contributed by atoms with van der Waals surface area (Å²) < 4.78 is 0. The Labute approximate surface area is 121 Å². The van der Waals surface area contributed by atoms with Crippen molar-refractivity contribution in [1.29, 1.82) is 0 Å². The van der Waals surface area contributed by atoms with Crippen LogP contribution in [0.25, 0.3) is 0 Å². The van der Waals surface area contributed by atoms with Gasteiger partial charge in [-0.1, -0.05) is 0 Å². The molecule has 2 fully saturated rings. The van der Waals surface area contributed by atoms with Gasteiger partial charge in [0.2, 0.25) is 11.8 Å². The minimum atomic E-state index is -0.503. The number of hydrogen-bond donors (Lipinski definition) is 1. The summed E-state index contributed by atoms with van der Waals surface area (Å²) in [5.41, 5.74) is -0.503. The molecule has 0 bridgehead atoms. The number of amides is 2. The normalized spacial score (nSPS) is 24.1. The van der Waals surface area contributed by atoms with E-state index in [1.54, 1.807) is 4.90 Å². The van der Waals surface area contributed by atoms with Crippen molar-refractivity contribution < 1.29 is 9.59 Å². The zero-order valence-electron chi connectivity index (χ0n) is 12.8. The molecule has 0 atom stereocenters. The Bertz CT molecular complexity index is 377. The van der Waals surface area contributed by atoms with E-state index in [9.17, 15) is 9.59 Å². The molecule has 0 aliphatic carbocycles. The highest BCUT2D eigenvalue weighted by atomic mass is 16.2. The maximum absolute atomic E-state index is 12.2. The number of likely N-dealkylation sites (N-methyl/N-ethyl adjacent to an activating group) is 1. The van der Waals surface area contributed by atoms with E-state index < -0.39 is 5.54 Å². The van der Waals surface area contributed by atoms with E-state index in [1.807, 2.05) is 25.8 Å². The third kappa shape index (κ3) is 3.12. The van der Waals surface area contributed by atoms with Crippen LogP contribution in [0.15, 0.2) is 0 Å². The number of hydrogen-bond acceptors (Lipinski definition) is 4. The summed E-state index contributed by atoms with van der Waals surface area (Å²) in [6, 6.07) is 0. The molecule has 20 heavy (non-hydrogen) atoms. The van der Waals surface area contributed by atoms with Crippen molar-refractivity contribution in [3.63, 3.8) is 0 Å². The summed E-state index contributed by atoms with van der Waals surface area (Å²) in [6.45, 7) is 9.48. The molecule has 2 heterocycles. The molecule has 0 aromatic carbocycles. The molecule has 0 aromatic heterocycles. The van der Waals surface area contributed by atoms with E-state index in [0.29, 0.717) is 13.0 Å². The molecule has 0 unspecified atom stereocenters. The quantitative estimate of drug-likeness (QED) is 0.748. The molecule has 2 amide bonds. The van der Waals surface area contributed by atoms with Gasteiger partial charge in [-0.25, -0.2) is 0 Å². The van der Waals surface area contributed by atoms with Crippen LogP contribution in [-0.2, 0) is 9.59 Å². The van der Waals surface area contributed by atoms with E-state index >= 15 is 0 Å². The Morgan fingerprint density at radius 1 is 1.20 bits per heavy atom. The second kappa shape index (κ2) is 6.10. The predicted molar refractivity (Wildman–Crippen MR) is 77.4 cm³/mol. The number of rotatable bonds is 3. The number of nitrogens with zero attached hydrogens (tertiary/aromatic N) is 3. The summed E-state index contributed by atoms with van der Waals surface area (Å²) in [5, 5.41) is 3.24. The lowest BCUT2D eigenvalue weighted by Gasteiger charge is -2.44. The predicted octanol–water partition coefficient (Wildman–Crippen LogP) is -0.639. The second-order valence-electron chi connectivity index (χ2n) is 6.15. The van der Waals surface area contributed by atoms with Crippen molar-refractivity contribution >= 4 is 11.8 Å². The molecule has 6 nitrogen and oxygen atoms in total. The Morgan fingerprint density at radius 3 is 2.50 bits per heavy atom. The molecule has 1 N–H and O–H groups in total. The zero-order valence-corrected chi connectivity index (χ0v) is 12.8. The fourth-order valence-corrected chi connectivity index (χ4v) is 2.95. The maximum Gasteiger partial charge on any atom is 0.242 e. The van der Waals surface area contributed by atoms with E-state index in [0.717, 1.165) is 39.3 Å². The first-order chi connectivity index (χ1) is 9.43. The average Bonchev–Trinajstić information content (AvgIpc) is 2.45. The molecule has 114 valence electrons. The Balaban J connectivity index is 1.86. The lowest BCUT2D eigenvalue weighted by Crippen LogP contribution is -2.62. The van der Waals surface area contributed by atoms with E-state index in [2.05, 4.69) is 10.2 Å². The molecule has 0 spiro atoms. The van der Waals surface area contributed by atoms with Crippen molar-refractivity contribution in [2.75, 3.05) is 52.9 Å². The van der Waals surface area contributed by atoms with Gasteiger partial charge in [-0.15, -0.1) is 0 Å². The smallest absolute Gasteiger partial charge is 0.242 e. The highest BCUT2D eigenvalue weighted by molar-refractivity contribution is 5.86. The van der Waals surface area contributed by atoms with Gasteiger partial charge in [0.1, 0.15) is 0 Å². The molecule has 2 rings (SSSR count). The van der Waals surface area contributed by atoms with Crippen LogP contribution in [0.1, 0.15) is 20.3 Å². The fraction of sp³-hybridized carbons (Fsp3) is 0.857. The van der Waals surface area contributed by atoms with Crippen LogP contribution in [0.2, 0.25) is 0 Å². The van der Waals surface area contributed by atoms with Gasteiger partial charge in [0.05, 0.1) is 5.54 Å². The van der Waals surface area contributed by atoms with Gasteiger partial charge in [0, 0.05) is 59.3 Å². The summed E-state index contributed by atoms with van der Waals surface area (Å²) >= 11 is 0. The van der Waals surface area contributed by atoms with Crippen LogP contribution in [0.3, 0.4) is 0 Å². The molecule has 2 saturated heterocycles. The molecule has 6 heteroatoms. The molecule has 2 aliphatic heterocycles. The van der Waals surface area contributed by atoms with Crippen molar-refractivity contribution in [3.8, 4) is 0 Å². The molecule has 0 aromatic rings. The molecular formula is C14H26N4O2. The van der Waals surface area contributed by atoms with Crippen LogP contribution < -0.4 is 5.32 Å². The average molecular weight is 282 g/mol. The van der Waals surface area contributed by atoms with Gasteiger partial charge < -0.3 is 15.1 Å². The third-order valence-corrected chi connectivity index (χ3v) is 4.43. The largest absolute Gasteiger partial charge is 0.343 e. The monoisotopic (exact) mass is 282 g/mol. The van der Waals surface area contributed by atoms with Gasteiger partial charge in [0.15, 0.2) is 0 Å². The van der Waals surface area contributed by atoms with Gasteiger partial charge in [-0.05, 0) is 13.8 Å². The first kappa shape index (κ1) is 15.3. The van der Waals surface area contributed by atoms with Crippen LogP contribution in [-0.4, -0.2) is 84.9 Å². The SMILES string of the molecule is CN1CCN(CCC(=O)N2CCNCC2)C(C)(C)C1=O. The fourth-order valence-electron chi connectivity index (χ4n) is 2.95. The Morgan fingerprint density at radius 2 is 1.85 bits per heavy atom. The number of nitrogens with one attached hydrogen (secondary N) is 1. The summed E-state index contributed by atoms with van der Waals surface area (Å²) in [4.78, 5) is 30.2. The zero-order chi connectivity index (χ0) is 14.8. The van der Waals surface area contributed by atoms with Crippen LogP contribution >= 0.6 is 0 Å². The summed E-state index contributed by atoms with van der Waals surface area (Å²) in [5.74, 6) is 0.340. The minimum absolute atomic E-state index is 0.137. The van der Waals surface area contributed by atoms with Crippen LogP contribution in [0.4, 0.5) is 0 Å². The molecule has 0 radical (unpaired) electrons. The Hall–Kier alpha value is -1.14. The second-order valence-corrected chi connectivity index (χ2v) is 6.15. The first-order valence-corrected chi connectivity index (χ1v) is 7.42. The van der Waals surface area contributed by atoms with Crippen molar-refractivity contribution in [3.05, 3.63) is 0 Å². The lowest BCUT2D eigenvalue weighted by atomic mass is 9.97. The van der Waals surface area contributed by atoms with Gasteiger partial charge >= 0.3 is 0 Å². The Kier molecular flexibility index (Phi) is 4.65. The van der Waals surface area contributed by atoms with E-state index in [-0.39, 0.29) is 11.8 Å². The summed E-state index contributed by atoms with van der Waals surface area (Å²) in [6.07, 6.45) is 0.500. The first-order valence-electron chi connectivity index (χ1n) is 7.42. The standard InChI is InChI=1S/C14H26N4O2/c1-14(2)13(20)16(3)10-11-18(14)7-4-12(19)17-8-5-15-6-9-17/h15H,4-11H2,1-3H3. The van der Waals surface area contributed by atoms with Gasteiger partial charge in [-0.3, -0.25) is 14.5 Å². The molecule has 2 aliphatic rings. The number of carbonyl (C=O) groups excluding carboxylic acids is 2. The number of carbonyl (C=O) groups is 2. The molecular weight excluding hydrogens is 256 g/mol. The van der Waals surface area contributed by atoms with E-state index in [1.165, 1.54) is 0 Å². The lowest BCUT2D eigenvalue weighted by molar-refractivity contribution is -0.148. The topological polar surface area (TPSA) is 55.9 Å². The third-order valence-electron chi connectivity index (χ3n) is 4.43. The maximum atomic E-state index is 12.2. The van der Waals surface area contributed by atoms with Crippen LogP contribution in [0, 0.1) is 0 Å². The van der Waals surface area contributed by atoms with Crippen LogP contribution in [0.5, 0.6) is 0 Å². The van der Waals surface area contributed by atoms with E-state index in [4.69, 9.17) is 0 Å². The highest BCUT2D eigenvalue weighted by Crippen LogP contribution is 2.21. The minimum Gasteiger partial charge on any atom is -0.343 e. The van der Waals surface area contributed by atoms with Gasteiger partial charge in [0.25, 0.3) is 0 Å². The summed E-state index contributed by atoms with van der Waals surface area (Å²) in [7, 11) is 1.84. The number of piperazine rings is 2. The molecule has 0 saturated carbocycles. The van der Waals surface area contributed by atoms with Crippen molar-refractivity contribution in [1.82, 2.24) is 20.0 Å². The highest BCUT2D eigenvalue weighted by Gasteiger charge is 2.40. The van der Waals surface area contributed by atoms with Crippen molar-refractivity contribution in [2.24, 2.45) is 0 Å². The van der Waals surface area contributed by atoms with Gasteiger partial charge in [-0.2, -0.15) is 0 Å².